The lowest BCUT2D eigenvalue weighted by Gasteiger charge is -2.18. The summed E-state index contributed by atoms with van der Waals surface area (Å²) in [5.74, 6) is -1.05. The molecule has 0 bridgehead atoms. The zero-order valence-electron chi connectivity index (χ0n) is 38.5. The zero-order valence-corrected chi connectivity index (χ0v) is 38.5. The lowest BCUT2D eigenvalue weighted by Crippen LogP contribution is -2.30. The van der Waals surface area contributed by atoms with Gasteiger partial charge < -0.3 is 14.2 Å². The lowest BCUT2D eigenvalue weighted by molar-refractivity contribution is -0.166. The van der Waals surface area contributed by atoms with Crippen LogP contribution in [0.1, 0.15) is 226 Å². The molecule has 0 radical (unpaired) electrons. The van der Waals surface area contributed by atoms with Crippen LogP contribution in [0.4, 0.5) is 0 Å². The second-order valence-corrected chi connectivity index (χ2v) is 16.0. The fraction of sp³-hybridized carbons (Fsp3) is 0.717. The summed E-state index contributed by atoms with van der Waals surface area (Å²) in [7, 11) is 0. The van der Waals surface area contributed by atoms with E-state index in [0.717, 1.165) is 83.5 Å². The Balaban J connectivity index is 4.49. The molecule has 0 fully saturated rings. The SMILES string of the molecule is CC/C=C\C/C=C\C/C=C\C/C=C\C/C=C\CC(=O)OCC(COC(=O)CCCCCCC/C=C\CCCC)OC(=O)CCCCCCCCCCCCCCCCC. The van der Waals surface area contributed by atoms with Crippen LogP contribution < -0.4 is 0 Å². The average Bonchev–Trinajstić information content (AvgIpc) is 3.23. The van der Waals surface area contributed by atoms with E-state index in [1.807, 2.05) is 6.08 Å². The molecule has 0 saturated carbocycles. The summed E-state index contributed by atoms with van der Waals surface area (Å²) in [6.45, 7) is 6.38. The van der Waals surface area contributed by atoms with E-state index in [4.69, 9.17) is 14.2 Å². The van der Waals surface area contributed by atoms with Gasteiger partial charge in [0, 0.05) is 12.8 Å². The molecule has 0 aromatic rings. The molecule has 6 heteroatoms. The van der Waals surface area contributed by atoms with Crippen molar-refractivity contribution in [2.45, 2.75) is 232 Å². The predicted molar refractivity (Wildman–Crippen MR) is 251 cm³/mol. The highest BCUT2D eigenvalue weighted by molar-refractivity contribution is 5.72. The molecule has 0 heterocycles. The third-order valence-electron chi connectivity index (χ3n) is 10.2. The van der Waals surface area contributed by atoms with Crippen LogP contribution in [0, 0.1) is 0 Å². The Morgan fingerprint density at radius 3 is 1.22 bits per heavy atom. The predicted octanol–water partition coefficient (Wildman–Crippen LogP) is 15.9. The van der Waals surface area contributed by atoms with Crippen LogP contribution in [0.3, 0.4) is 0 Å². The molecular weight excluding hydrogens is 733 g/mol. The van der Waals surface area contributed by atoms with Crippen LogP contribution in [0.15, 0.2) is 72.9 Å². The first-order valence-electron chi connectivity index (χ1n) is 24.4. The molecule has 0 aliphatic heterocycles. The molecule has 0 rings (SSSR count). The van der Waals surface area contributed by atoms with Gasteiger partial charge in [-0.1, -0.05) is 216 Å². The molecule has 0 amide bonds. The number of esters is 3. The summed E-state index contributed by atoms with van der Waals surface area (Å²) in [5, 5.41) is 0. The summed E-state index contributed by atoms with van der Waals surface area (Å²) in [6, 6.07) is 0. The number of rotatable bonds is 43. The van der Waals surface area contributed by atoms with Crippen molar-refractivity contribution in [2.24, 2.45) is 0 Å². The highest BCUT2D eigenvalue weighted by Crippen LogP contribution is 2.15. The van der Waals surface area contributed by atoms with Gasteiger partial charge in [0.25, 0.3) is 0 Å². The normalized spacial score (nSPS) is 12.7. The van der Waals surface area contributed by atoms with Crippen LogP contribution in [-0.2, 0) is 28.6 Å². The van der Waals surface area contributed by atoms with E-state index in [2.05, 4.69) is 81.5 Å². The number of carbonyl (C=O) groups excluding carboxylic acids is 3. The molecule has 0 aromatic carbocycles. The highest BCUT2D eigenvalue weighted by atomic mass is 16.6. The van der Waals surface area contributed by atoms with E-state index in [9.17, 15) is 14.4 Å². The van der Waals surface area contributed by atoms with Gasteiger partial charge in [0.1, 0.15) is 13.2 Å². The second-order valence-electron chi connectivity index (χ2n) is 16.0. The Labute approximate surface area is 363 Å². The standard InChI is InChI=1S/C53H90O6/c1-4-7-10-13-16-19-22-24-26-28-31-34-37-40-43-46-52(55)58-49-50(48-57-51(54)45-42-39-36-33-30-21-18-15-12-9-6-3)59-53(56)47-44-41-38-35-32-29-27-25-23-20-17-14-11-8-5-2/h7,10,15-16,18-19,24,26,31,34,40,43,50H,4-6,8-9,11-14,17,20-23,25,27-30,32-33,35-39,41-42,44-49H2,1-3H3/b10-7-,18-15-,19-16-,26-24-,34-31-,43-40-. The fourth-order valence-electron chi connectivity index (χ4n) is 6.55. The minimum absolute atomic E-state index is 0.108. The molecular formula is C53H90O6. The van der Waals surface area contributed by atoms with Crippen molar-refractivity contribution in [1.82, 2.24) is 0 Å². The maximum Gasteiger partial charge on any atom is 0.309 e. The van der Waals surface area contributed by atoms with Gasteiger partial charge in [-0.2, -0.15) is 0 Å². The number of hydrogen-bond acceptors (Lipinski definition) is 6. The van der Waals surface area contributed by atoms with Gasteiger partial charge >= 0.3 is 17.9 Å². The Morgan fingerprint density at radius 1 is 0.373 bits per heavy atom. The first-order chi connectivity index (χ1) is 29.0. The lowest BCUT2D eigenvalue weighted by atomic mass is 10.0. The molecule has 0 aromatic heterocycles. The zero-order chi connectivity index (χ0) is 43.0. The van der Waals surface area contributed by atoms with Crippen LogP contribution in [-0.4, -0.2) is 37.2 Å². The number of carbonyl (C=O) groups is 3. The Bertz CT molecular complexity index is 1130. The van der Waals surface area contributed by atoms with Crippen molar-refractivity contribution in [1.29, 1.82) is 0 Å². The molecule has 6 nitrogen and oxygen atoms in total. The van der Waals surface area contributed by atoms with Gasteiger partial charge in [0.05, 0.1) is 6.42 Å². The molecule has 0 saturated heterocycles. The van der Waals surface area contributed by atoms with E-state index >= 15 is 0 Å². The van der Waals surface area contributed by atoms with Crippen molar-refractivity contribution in [3.05, 3.63) is 72.9 Å². The summed E-state index contributed by atoms with van der Waals surface area (Å²) in [6.07, 6.45) is 59.1. The maximum atomic E-state index is 12.8. The van der Waals surface area contributed by atoms with E-state index in [1.165, 1.54) is 103 Å². The van der Waals surface area contributed by atoms with Crippen molar-refractivity contribution in [3.63, 3.8) is 0 Å². The van der Waals surface area contributed by atoms with Gasteiger partial charge in [-0.05, 0) is 64.2 Å². The van der Waals surface area contributed by atoms with E-state index < -0.39 is 12.1 Å². The molecule has 1 unspecified atom stereocenters. The monoisotopic (exact) mass is 823 g/mol. The molecule has 338 valence electrons. The fourth-order valence-corrected chi connectivity index (χ4v) is 6.55. The Hall–Kier alpha value is -3.15. The molecule has 0 spiro atoms. The van der Waals surface area contributed by atoms with Gasteiger partial charge in [0.15, 0.2) is 6.10 Å². The first kappa shape index (κ1) is 55.9. The van der Waals surface area contributed by atoms with Crippen LogP contribution in [0.25, 0.3) is 0 Å². The van der Waals surface area contributed by atoms with Crippen molar-refractivity contribution in [3.8, 4) is 0 Å². The molecule has 59 heavy (non-hydrogen) atoms. The molecule has 0 aliphatic carbocycles. The maximum absolute atomic E-state index is 12.8. The number of allylic oxidation sites excluding steroid dienone is 11. The summed E-state index contributed by atoms with van der Waals surface area (Å²) < 4.78 is 16.6. The smallest absolute Gasteiger partial charge is 0.309 e. The Kier molecular flexibility index (Phi) is 45.0. The van der Waals surface area contributed by atoms with Gasteiger partial charge in [-0.15, -0.1) is 0 Å². The largest absolute Gasteiger partial charge is 0.462 e. The Morgan fingerprint density at radius 2 is 0.746 bits per heavy atom. The quantitative estimate of drug-likeness (QED) is 0.0264. The third kappa shape index (κ3) is 45.8. The molecule has 0 N–H and O–H groups in total. The number of unbranched alkanes of at least 4 members (excludes halogenated alkanes) is 21. The molecule has 0 aliphatic rings. The number of hydrogen-bond donors (Lipinski definition) is 0. The summed E-state index contributed by atoms with van der Waals surface area (Å²) in [5.41, 5.74) is 0. The van der Waals surface area contributed by atoms with Crippen LogP contribution in [0.5, 0.6) is 0 Å². The first-order valence-corrected chi connectivity index (χ1v) is 24.4. The van der Waals surface area contributed by atoms with E-state index in [0.29, 0.717) is 12.8 Å². The van der Waals surface area contributed by atoms with Gasteiger partial charge in [0.2, 0.25) is 0 Å². The van der Waals surface area contributed by atoms with Crippen molar-refractivity contribution in [2.75, 3.05) is 13.2 Å². The minimum atomic E-state index is -0.814. The van der Waals surface area contributed by atoms with Crippen LogP contribution >= 0.6 is 0 Å². The van der Waals surface area contributed by atoms with Gasteiger partial charge in [-0.3, -0.25) is 14.4 Å². The third-order valence-corrected chi connectivity index (χ3v) is 10.2. The average molecular weight is 823 g/mol. The topological polar surface area (TPSA) is 78.9 Å². The van der Waals surface area contributed by atoms with Crippen molar-refractivity contribution >= 4 is 17.9 Å². The van der Waals surface area contributed by atoms with Gasteiger partial charge in [-0.25, -0.2) is 0 Å². The number of ether oxygens (including phenoxy) is 3. The molecule has 1 atom stereocenters. The summed E-state index contributed by atoms with van der Waals surface area (Å²) >= 11 is 0. The van der Waals surface area contributed by atoms with Crippen LogP contribution in [0.2, 0.25) is 0 Å². The van der Waals surface area contributed by atoms with E-state index in [1.54, 1.807) is 6.08 Å². The minimum Gasteiger partial charge on any atom is -0.462 e. The highest BCUT2D eigenvalue weighted by Gasteiger charge is 2.19. The second kappa shape index (κ2) is 47.5. The van der Waals surface area contributed by atoms with Crippen molar-refractivity contribution < 1.29 is 28.6 Å². The van der Waals surface area contributed by atoms with E-state index in [-0.39, 0.29) is 31.6 Å². The summed E-state index contributed by atoms with van der Waals surface area (Å²) in [4.78, 5) is 37.8.